The summed E-state index contributed by atoms with van der Waals surface area (Å²) in [5.41, 5.74) is 0.924. The summed E-state index contributed by atoms with van der Waals surface area (Å²) >= 11 is 0. The van der Waals surface area contributed by atoms with Crippen LogP contribution in [0.2, 0.25) is 0 Å². The van der Waals surface area contributed by atoms with Crippen LogP contribution in [-0.2, 0) is 16.0 Å². The van der Waals surface area contributed by atoms with Crippen molar-refractivity contribution in [3.63, 3.8) is 0 Å². The smallest absolute Gasteiger partial charge is 0.139 e. The van der Waals surface area contributed by atoms with Gasteiger partial charge in [0.15, 0.2) is 0 Å². The predicted octanol–water partition coefficient (Wildman–Crippen LogP) is 1.82. The van der Waals surface area contributed by atoms with Crippen molar-refractivity contribution in [3.05, 3.63) is 24.2 Å². The summed E-state index contributed by atoms with van der Waals surface area (Å²) in [6.07, 6.45) is 4.06. The third kappa shape index (κ3) is 3.42. The van der Waals surface area contributed by atoms with Gasteiger partial charge >= 0.3 is 0 Å². The first-order chi connectivity index (χ1) is 6.22. The van der Waals surface area contributed by atoms with E-state index in [4.69, 9.17) is 9.15 Å². The van der Waals surface area contributed by atoms with Gasteiger partial charge in [-0.15, -0.1) is 0 Å². The zero-order chi connectivity index (χ0) is 9.68. The highest BCUT2D eigenvalue weighted by molar-refractivity contribution is 5.81. The van der Waals surface area contributed by atoms with Gasteiger partial charge in [0.1, 0.15) is 5.78 Å². The summed E-state index contributed by atoms with van der Waals surface area (Å²) in [5, 5.41) is 0. The van der Waals surface area contributed by atoms with Gasteiger partial charge in [0.2, 0.25) is 0 Å². The van der Waals surface area contributed by atoms with Crippen molar-refractivity contribution >= 4 is 5.78 Å². The standard InChI is InChI=1S/C10H14O3/c1-8(12-2)5-10(11)6-9-3-4-13-7-9/h3-4,7-8H,5-6H2,1-2H3. The van der Waals surface area contributed by atoms with E-state index >= 15 is 0 Å². The van der Waals surface area contributed by atoms with Gasteiger partial charge in [0.05, 0.1) is 18.6 Å². The Morgan fingerprint density at radius 2 is 2.46 bits per heavy atom. The van der Waals surface area contributed by atoms with Crippen LogP contribution in [0.15, 0.2) is 23.0 Å². The lowest BCUT2D eigenvalue weighted by molar-refractivity contribution is -0.120. The Kier molecular flexibility index (Phi) is 3.71. The first kappa shape index (κ1) is 9.99. The lowest BCUT2D eigenvalue weighted by Crippen LogP contribution is -2.13. The number of rotatable bonds is 5. The molecule has 0 saturated heterocycles. The highest BCUT2D eigenvalue weighted by atomic mass is 16.5. The molecule has 1 atom stereocenters. The SMILES string of the molecule is COC(C)CC(=O)Cc1ccoc1. The molecule has 0 bridgehead atoms. The highest BCUT2D eigenvalue weighted by Gasteiger charge is 2.09. The Bertz CT molecular complexity index is 251. The van der Waals surface area contributed by atoms with Crippen molar-refractivity contribution in [2.24, 2.45) is 0 Å². The molecule has 1 rings (SSSR count). The van der Waals surface area contributed by atoms with Crippen LogP contribution in [0, 0.1) is 0 Å². The summed E-state index contributed by atoms with van der Waals surface area (Å²) in [5.74, 6) is 0.177. The average molecular weight is 182 g/mol. The predicted molar refractivity (Wildman–Crippen MR) is 48.5 cm³/mol. The van der Waals surface area contributed by atoms with E-state index in [1.807, 2.05) is 6.92 Å². The number of carbonyl (C=O) groups is 1. The number of furan rings is 1. The fourth-order valence-corrected chi connectivity index (χ4v) is 1.10. The minimum Gasteiger partial charge on any atom is -0.472 e. The lowest BCUT2D eigenvalue weighted by atomic mass is 10.1. The van der Waals surface area contributed by atoms with E-state index in [1.54, 1.807) is 25.7 Å². The molecule has 1 aromatic heterocycles. The highest BCUT2D eigenvalue weighted by Crippen LogP contribution is 2.05. The largest absolute Gasteiger partial charge is 0.472 e. The Hall–Kier alpha value is -1.09. The molecule has 0 aliphatic carbocycles. The molecule has 0 amide bonds. The first-order valence-electron chi connectivity index (χ1n) is 4.28. The van der Waals surface area contributed by atoms with Crippen molar-refractivity contribution < 1.29 is 13.9 Å². The van der Waals surface area contributed by atoms with Gasteiger partial charge in [0.25, 0.3) is 0 Å². The van der Waals surface area contributed by atoms with E-state index in [1.165, 1.54) is 0 Å². The quantitative estimate of drug-likeness (QED) is 0.697. The second kappa shape index (κ2) is 4.82. The van der Waals surface area contributed by atoms with Crippen molar-refractivity contribution in [2.45, 2.75) is 25.9 Å². The number of hydrogen-bond acceptors (Lipinski definition) is 3. The molecular weight excluding hydrogens is 168 g/mol. The second-order valence-electron chi connectivity index (χ2n) is 3.10. The number of Topliss-reactive ketones (excluding diaryl/α,β-unsaturated/α-hetero) is 1. The molecule has 0 aliphatic heterocycles. The van der Waals surface area contributed by atoms with Gasteiger partial charge in [-0.2, -0.15) is 0 Å². The zero-order valence-corrected chi connectivity index (χ0v) is 7.95. The molecule has 1 heterocycles. The normalized spacial score (nSPS) is 12.8. The molecule has 3 heteroatoms. The summed E-state index contributed by atoms with van der Waals surface area (Å²) in [4.78, 5) is 11.4. The number of methoxy groups -OCH3 is 1. The molecule has 72 valence electrons. The van der Waals surface area contributed by atoms with Gasteiger partial charge in [-0.1, -0.05) is 0 Å². The number of ether oxygens (including phenoxy) is 1. The monoisotopic (exact) mass is 182 g/mol. The van der Waals surface area contributed by atoms with E-state index < -0.39 is 0 Å². The molecule has 0 fully saturated rings. The van der Waals surface area contributed by atoms with E-state index in [9.17, 15) is 4.79 Å². The number of hydrogen-bond donors (Lipinski definition) is 0. The van der Waals surface area contributed by atoms with Crippen LogP contribution < -0.4 is 0 Å². The van der Waals surface area contributed by atoms with E-state index in [2.05, 4.69) is 0 Å². The Labute approximate surface area is 77.7 Å². The lowest BCUT2D eigenvalue weighted by Gasteiger charge is -2.06. The molecule has 1 unspecified atom stereocenters. The second-order valence-corrected chi connectivity index (χ2v) is 3.10. The first-order valence-corrected chi connectivity index (χ1v) is 4.28. The maximum Gasteiger partial charge on any atom is 0.139 e. The van der Waals surface area contributed by atoms with Crippen LogP contribution in [-0.4, -0.2) is 19.0 Å². The van der Waals surface area contributed by atoms with Crippen molar-refractivity contribution in [1.29, 1.82) is 0 Å². The van der Waals surface area contributed by atoms with E-state index in [0.717, 1.165) is 5.56 Å². The van der Waals surface area contributed by atoms with Crippen LogP contribution in [0.4, 0.5) is 0 Å². The third-order valence-electron chi connectivity index (χ3n) is 1.90. The van der Waals surface area contributed by atoms with Crippen LogP contribution >= 0.6 is 0 Å². The zero-order valence-electron chi connectivity index (χ0n) is 7.95. The van der Waals surface area contributed by atoms with Gasteiger partial charge in [0, 0.05) is 20.0 Å². The fraction of sp³-hybridized carbons (Fsp3) is 0.500. The third-order valence-corrected chi connectivity index (χ3v) is 1.90. The summed E-state index contributed by atoms with van der Waals surface area (Å²) in [6.45, 7) is 1.88. The Morgan fingerprint density at radius 1 is 1.69 bits per heavy atom. The van der Waals surface area contributed by atoms with Gasteiger partial charge < -0.3 is 9.15 Å². The number of carbonyl (C=O) groups excluding carboxylic acids is 1. The van der Waals surface area contributed by atoms with E-state index in [-0.39, 0.29) is 11.9 Å². The molecular formula is C10H14O3. The molecule has 0 aromatic carbocycles. The van der Waals surface area contributed by atoms with Gasteiger partial charge in [-0.05, 0) is 18.6 Å². The minimum absolute atomic E-state index is 0.000555. The van der Waals surface area contributed by atoms with E-state index in [0.29, 0.717) is 12.8 Å². The van der Waals surface area contributed by atoms with Crippen molar-refractivity contribution in [2.75, 3.05) is 7.11 Å². The summed E-state index contributed by atoms with van der Waals surface area (Å²) < 4.78 is 9.86. The molecule has 3 nitrogen and oxygen atoms in total. The molecule has 0 aliphatic rings. The van der Waals surface area contributed by atoms with Crippen LogP contribution in [0.3, 0.4) is 0 Å². The molecule has 1 aromatic rings. The topological polar surface area (TPSA) is 39.4 Å². The summed E-state index contributed by atoms with van der Waals surface area (Å²) in [6, 6.07) is 1.80. The molecule has 0 saturated carbocycles. The maximum absolute atomic E-state index is 11.4. The van der Waals surface area contributed by atoms with Crippen molar-refractivity contribution in [3.8, 4) is 0 Å². The molecule has 13 heavy (non-hydrogen) atoms. The maximum atomic E-state index is 11.4. The summed E-state index contributed by atoms with van der Waals surface area (Å²) in [7, 11) is 1.61. The Balaban J connectivity index is 2.34. The Morgan fingerprint density at radius 3 is 3.00 bits per heavy atom. The molecule has 0 N–H and O–H groups in total. The van der Waals surface area contributed by atoms with Gasteiger partial charge in [-0.25, -0.2) is 0 Å². The fourth-order valence-electron chi connectivity index (χ4n) is 1.10. The van der Waals surface area contributed by atoms with Crippen LogP contribution in [0.1, 0.15) is 18.9 Å². The van der Waals surface area contributed by atoms with Gasteiger partial charge in [-0.3, -0.25) is 4.79 Å². The van der Waals surface area contributed by atoms with Crippen molar-refractivity contribution in [1.82, 2.24) is 0 Å². The van der Waals surface area contributed by atoms with Crippen LogP contribution in [0.5, 0.6) is 0 Å². The average Bonchev–Trinajstić information content (AvgIpc) is 2.56. The molecule has 0 radical (unpaired) electrons. The molecule has 0 spiro atoms. The number of ketones is 1. The van der Waals surface area contributed by atoms with Crippen LogP contribution in [0.25, 0.3) is 0 Å². The minimum atomic E-state index is -0.000555.